The van der Waals surface area contributed by atoms with E-state index >= 15 is 0 Å². The molecule has 3 N–H and O–H groups in total. The van der Waals surface area contributed by atoms with Crippen molar-refractivity contribution in [3.8, 4) is 5.75 Å². The second kappa shape index (κ2) is 5.19. The number of methoxy groups -OCH3 is 1. The quantitative estimate of drug-likeness (QED) is 0.789. The maximum Gasteiger partial charge on any atom is 0.121 e. The molecule has 1 atom stereocenters. The lowest BCUT2D eigenvalue weighted by Gasteiger charge is -2.23. The number of ether oxygens (including phenoxy) is 1. The van der Waals surface area contributed by atoms with Gasteiger partial charge < -0.3 is 15.2 Å². The van der Waals surface area contributed by atoms with Crippen molar-refractivity contribution >= 4 is 10.9 Å². The summed E-state index contributed by atoms with van der Waals surface area (Å²) in [6, 6.07) is 3.72. The molecule has 19 heavy (non-hydrogen) atoms. The van der Waals surface area contributed by atoms with Crippen LogP contribution in [0.1, 0.15) is 32.4 Å². The third kappa shape index (κ3) is 3.24. The SMILES string of the molecule is COc1cc([C@@H](O)CNC(C)(C)C)c2cn[nH]c2c1. The van der Waals surface area contributed by atoms with Crippen molar-refractivity contribution in [2.75, 3.05) is 13.7 Å². The highest BCUT2D eigenvalue weighted by Gasteiger charge is 2.17. The van der Waals surface area contributed by atoms with Crippen molar-refractivity contribution in [3.05, 3.63) is 23.9 Å². The van der Waals surface area contributed by atoms with E-state index in [0.29, 0.717) is 12.3 Å². The Bertz CT molecular complexity index is 557. The number of hydrogen-bond acceptors (Lipinski definition) is 4. The molecule has 0 aliphatic heterocycles. The van der Waals surface area contributed by atoms with Gasteiger partial charge in [0, 0.05) is 23.5 Å². The molecule has 0 aliphatic carbocycles. The Morgan fingerprint density at radius 2 is 2.16 bits per heavy atom. The molecule has 2 rings (SSSR count). The van der Waals surface area contributed by atoms with Crippen LogP contribution in [-0.2, 0) is 0 Å². The third-order valence-electron chi connectivity index (χ3n) is 2.98. The molecule has 0 amide bonds. The number of hydrogen-bond donors (Lipinski definition) is 3. The Balaban J connectivity index is 2.29. The smallest absolute Gasteiger partial charge is 0.121 e. The van der Waals surface area contributed by atoms with Crippen LogP contribution >= 0.6 is 0 Å². The normalized spacial score (nSPS) is 13.7. The number of nitrogens with one attached hydrogen (secondary N) is 2. The van der Waals surface area contributed by atoms with Crippen molar-refractivity contribution < 1.29 is 9.84 Å². The molecule has 5 nitrogen and oxygen atoms in total. The van der Waals surface area contributed by atoms with Gasteiger partial charge in [-0.3, -0.25) is 5.10 Å². The molecule has 1 aromatic carbocycles. The van der Waals surface area contributed by atoms with Crippen molar-refractivity contribution in [1.82, 2.24) is 15.5 Å². The van der Waals surface area contributed by atoms with Gasteiger partial charge in [-0.1, -0.05) is 0 Å². The molecule has 104 valence electrons. The largest absolute Gasteiger partial charge is 0.497 e. The molecule has 0 bridgehead atoms. The van der Waals surface area contributed by atoms with E-state index in [1.807, 2.05) is 12.1 Å². The van der Waals surface area contributed by atoms with Crippen molar-refractivity contribution in [2.24, 2.45) is 0 Å². The minimum absolute atomic E-state index is 0.0324. The minimum atomic E-state index is -0.602. The van der Waals surface area contributed by atoms with Gasteiger partial charge in [-0.25, -0.2) is 0 Å². The maximum atomic E-state index is 10.4. The fourth-order valence-electron chi connectivity index (χ4n) is 1.96. The van der Waals surface area contributed by atoms with Crippen molar-refractivity contribution in [2.45, 2.75) is 32.4 Å². The van der Waals surface area contributed by atoms with Crippen LogP contribution in [0.4, 0.5) is 0 Å². The Labute approximate surface area is 113 Å². The lowest BCUT2D eigenvalue weighted by atomic mass is 10.0. The number of rotatable bonds is 4. The Kier molecular flexibility index (Phi) is 3.78. The van der Waals surface area contributed by atoms with E-state index in [1.54, 1.807) is 13.3 Å². The summed E-state index contributed by atoms with van der Waals surface area (Å²) in [6.45, 7) is 6.69. The molecule has 0 fully saturated rings. The number of nitrogens with zero attached hydrogens (tertiary/aromatic N) is 1. The van der Waals surface area contributed by atoms with E-state index in [4.69, 9.17) is 4.74 Å². The molecule has 0 radical (unpaired) electrons. The zero-order valence-corrected chi connectivity index (χ0v) is 11.8. The molecule has 1 aromatic heterocycles. The summed E-state index contributed by atoms with van der Waals surface area (Å²) in [7, 11) is 1.61. The number of aliphatic hydroxyl groups is 1. The summed E-state index contributed by atoms with van der Waals surface area (Å²) in [5.41, 5.74) is 1.65. The average molecular weight is 263 g/mol. The molecule has 0 unspecified atom stereocenters. The standard InChI is InChI=1S/C14H21N3O2/c1-14(2,3)15-8-13(18)10-5-9(19-4)6-12-11(10)7-16-17-12/h5-7,13,15,18H,8H2,1-4H3,(H,16,17)/t13-/m0/s1. The number of aliphatic hydroxyl groups excluding tert-OH is 1. The molecule has 0 spiro atoms. The van der Waals surface area contributed by atoms with Crippen molar-refractivity contribution in [3.63, 3.8) is 0 Å². The lowest BCUT2D eigenvalue weighted by Crippen LogP contribution is -2.38. The zero-order valence-electron chi connectivity index (χ0n) is 11.8. The highest BCUT2D eigenvalue weighted by molar-refractivity contribution is 5.83. The van der Waals surface area contributed by atoms with Gasteiger partial charge in [-0.15, -0.1) is 0 Å². The fraction of sp³-hybridized carbons (Fsp3) is 0.500. The van der Waals surface area contributed by atoms with E-state index < -0.39 is 6.10 Å². The first-order chi connectivity index (χ1) is 8.90. The van der Waals surface area contributed by atoms with Crippen LogP contribution in [0.3, 0.4) is 0 Å². The van der Waals surface area contributed by atoms with Crippen LogP contribution in [0, 0.1) is 0 Å². The second-order valence-electron chi connectivity index (χ2n) is 5.69. The van der Waals surface area contributed by atoms with Crippen molar-refractivity contribution in [1.29, 1.82) is 0 Å². The molecule has 0 aliphatic rings. The van der Waals surface area contributed by atoms with Gasteiger partial charge in [-0.2, -0.15) is 5.10 Å². The number of aromatic amines is 1. The molecule has 0 saturated carbocycles. The van der Waals surface area contributed by atoms with E-state index in [-0.39, 0.29) is 5.54 Å². The van der Waals surface area contributed by atoms with Crippen LogP contribution in [-0.4, -0.2) is 34.5 Å². The molecule has 2 aromatic rings. The van der Waals surface area contributed by atoms with Crippen LogP contribution in [0.5, 0.6) is 5.75 Å². The van der Waals surface area contributed by atoms with E-state index in [9.17, 15) is 5.11 Å². The fourth-order valence-corrected chi connectivity index (χ4v) is 1.96. The predicted molar refractivity (Wildman–Crippen MR) is 75.4 cm³/mol. The Morgan fingerprint density at radius 1 is 1.42 bits per heavy atom. The van der Waals surface area contributed by atoms with Gasteiger partial charge in [0.1, 0.15) is 5.75 Å². The minimum Gasteiger partial charge on any atom is -0.497 e. The first kappa shape index (κ1) is 13.8. The lowest BCUT2D eigenvalue weighted by molar-refractivity contribution is 0.164. The van der Waals surface area contributed by atoms with Gasteiger partial charge >= 0.3 is 0 Å². The summed E-state index contributed by atoms with van der Waals surface area (Å²) >= 11 is 0. The van der Waals surface area contributed by atoms with E-state index in [2.05, 4.69) is 36.3 Å². The molecule has 1 heterocycles. The van der Waals surface area contributed by atoms with Crippen LogP contribution in [0.2, 0.25) is 0 Å². The number of β-amino-alcohol motifs (C(OH)–C–C–N with tert-alkyl or cyclic N) is 1. The highest BCUT2D eigenvalue weighted by Crippen LogP contribution is 2.28. The number of benzene rings is 1. The summed E-state index contributed by atoms with van der Waals surface area (Å²) in [5.74, 6) is 0.710. The topological polar surface area (TPSA) is 70.2 Å². The van der Waals surface area contributed by atoms with Crippen LogP contribution in [0.25, 0.3) is 10.9 Å². The van der Waals surface area contributed by atoms with Gasteiger partial charge in [0.05, 0.1) is 24.9 Å². The van der Waals surface area contributed by atoms with Crippen LogP contribution < -0.4 is 10.1 Å². The Morgan fingerprint density at radius 3 is 2.79 bits per heavy atom. The van der Waals surface area contributed by atoms with Gasteiger partial charge in [0.15, 0.2) is 0 Å². The first-order valence-electron chi connectivity index (χ1n) is 6.35. The second-order valence-corrected chi connectivity index (χ2v) is 5.69. The van der Waals surface area contributed by atoms with Gasteiger partial charge in [0.2, 0.25) is 0 Å². The first-order valence-corrected chi connectivity index (χ1v) is 6.35. The highest BCUT2D eigenvalue weighted by atomic mass is 16.5. The maximum absolute atomic E-state index is 10.4. The average Bonchev–Trinajstić information content (AvgIpc) is 2.81. The summed E-state index contributed by atoms with van der Waals surface area (Å²) in [4.78, 5) is 0. The molecule has 0 saturated heterocycles. The van der Waals surface area contributed by atoms with Crippen LogP contribution in [0.15, 0.2) is 18.3 Å². The summed E-state index contributed by atoms with van der Waals surface area (Å²) in [6.07, 6.45) is 1.12. The number of aromatic nitrogens is 2. The van der Waals surface area contributed by atoms with E-state index in [0.717, 1.165) is 16.5 Å². The van der Waals surface area contributed by atoms with Gasteiger partial charge in [-0.05, 0) is 32.4 Å². The molecular formula is C14H21N3O2. The third-order valence-corrected chi connectivity index (χ3v) is 2.98. The molecule has 5 heteroatoms. The molecular weight excluding hydrogens is 242 g/mol. The Hall–Kier alpha value is -1.59. The monoisotopic (exact) mass is 263 g/mol. The predicted octanol–water partition coefficient (Wildman–Crippen LogP) is 1.99. The summed E-state index contributed by atoms with van der Waals surface area (Å²) in [5, 5.41) is 21.5. The van der Waals surface area contributed by atoms with E-state index in [1.165, 1.54) is 0 Å². The van der Waals surface area contributed by atoms with Gasteiger partial charge in [0.25, 0.3) is 0 Å². The summed E-state index contributed by atoms with van der Waals surface area (Å²) < 4.78 is 5.25. The number of fused-ring (bicyclic) bond motifs is 1. The number of H-pyrrole nitrogens is 1. The zero-order chi connectivity index (χ0) is 14.0.